The highest BCUT2D eigenvalue weighted by molar-refractivity contribution is 5.48. The fourth-order valence-electron chi connectivity index (χ4n) is 2.55. The summed E-state index contributed by atoms with van der Waals surface area (Å²) < 4.78 is 0. The van der Waals surface area contributed by atoms with Crippen LogP contribution in [0.3, 0.4) is 0 Å². The summed E-state index contributed by atoms with van der Waals surface area (Å²) in [6, 6.07) is 10.6. The molecule has 3 rings (SSSR count). The maximum absolute atomic E-state index is 3.57. The molecule has 2 heteroatoms. The van der Waals surface area contributed by atoms with Crippen LogP contribution in [0.15, 0.2) is 24.3 Å². The van der Waals surface area contributed by atoms with Gasteiger partial charge in [0.2, 0.25) is 0 Å². The number of benzene rings is 1. The summed E-state index contributed by atoms with van der Waals surface area (Å²) >= 11 is 0. The molecule has 2 saturated carbocycles. The predicted octanol–water partition coefficient (Wildman–Crippen LogP) is 3.56. The molecule has 1 aromatic carbocycles. The fourth-order valence-corrected chi connectivity index (χ4v) is 2.55. The maximum atomic E-state index is 3.57. The average Bonchev–Trinajstić information content (AvgIpc) is 3.27. The molecule has 0 atom stereocenters. The van der Waals surface area contributed by atoms with Gasteiger partial charge in [0.25, 0.3) is 0 Å². The normalized spacial score (nSPS) is 18.9. The van der Waals surface area contributed by atoms with Crippen LogP contribution in [0, 0.1) is 5.92 Å². The van der Waals surface area contributed by atoms with Crippen LogP contribution in [-0.2, 0) is 6.54 Å². The molecule has 104 valence electrons. The lowest BCUT2D eigenvalue weighted by molar-refractivity contribution is 0.644. The molecule has 0 unspecified atom stereocenters. The lowest BCUT2D eigenvalue weighted by Crippen LogP contribution is -2.32. The standard InChI is InChI=1S/C17H26N2/c1-13(2)19(12-15-3-4-15)17-9-5-14(6-10-17)11-18-16-7-8-16/h5-6,9-10,13,15-16,18H,3-4,7-8,11-12H2,1-2H3. The number of nitrogens with zero attached hydrogens (tertiary/aromatic N) is 1. The van der Waals surface area contributed by atoms with Gasteiger partial charge in [0, 0.05) is 30.9 Å². The van der Waals surface area contributed by atoms with Gasteiger partial charge >= 0.3 is 0 Å². The van der Waals surface area contributed by atoms with Gasteiger partial charge in [0.1, 0.15) is 0 Å². The molecular weight excluding hydrogens is 232 g/mol. The van der Waals surface area contributed by atoms with E-state index in [2.05, 4.69) is 48.3 Å². The van der Waals surface area contributed by atoms with Crippen molar-refractivity contribution >= 4 is 5.69 Å². The summed E-state index contributed by atoms with van der Waals surface area (Å²) in [5.41, 5.74) is 2.79. The fraction of sp³-hybridized carbons (Fsp3) is 0.647. The van der Waals surface area contributed by atoms with Gasteiger partial charge in [-0.25, -0.2) is 0 Å². The zero-order valence-electron chi connectivity index (χ0n) is 12.2. The zero-order chi connectivity index (χ0) is 13.2. The molecule has 0 aliphatic heterocycles. The Morgan fingerprint density at radius 2 is 1.79 bits per heavy atom. The maximum Gasteiger partial charge on any atom is 0.0368 e. The Hall–Kier alpha value is -1.02. The first kappa shape index (κ1) is 13.0. The van der Waals surface area contributed by atoms with Gasteiger partial charge in [-0.05, 0) is 63.1 Å². The van der Waals surface area contributed by atoms with Crippen molar-refractivity contribution < 1.29 is 0 Å². The van der Waals surface area contributed by atoms with Gasteiger partial charge in [-0.3, -0.25) is 0 Å². The highest BCUT2D eigenvalue weighted by Crippen LogP contribution is 2.32. The van der Waals surface area contributed by atoms with Crippen LogP contribution >= 0.6 is 0 Å². The van der Waals surface area contributed by atoms with Crippen molar-refractivity contribution in [1.82, 2.24) is 5.32 Å². The smallest absolute Gasteiger partial charge is 0.0368 e. The third kappa shape index (κ3) is 3.73. The predicted molar refractivity (Wildman–Crippen MR) is 81.5 cm³/mol. The highest BCUT2D eigenvalue weighted by atomic mass is 15.2. The van der Waals surface area contributed by atoms with E-state index in [-0.39, 0.29) is 0 Å². The minimum absolute atomic E-state index is 0.594. The van der Waals surface area contributed by atoms with Crippen LogP contribution in [0.2, 0.25) is 0 Å². The molecule has 2 fully saturated rings. The molecule has 1 N–H and O–H groups in total. The van der Waals surface area contributed by atoms with Gasteiger partial charge in [0.15, 0.2) is 0 Å². The number of rotatable bonds is 7. The zero-order valence-corrected chi connectivity index (χ0v) is 12.2. The molecular formula is C17H26N2. The molecule has 2 nitrogen and oxygen atoms in total. The molecule has 0 amide bonds. The van der Waals surface area contributed by atoms with E-state index in [4.69, 9.17) is 0 Å². The van der Waals surface area contributed by atoms with E-state index >= 15 is 0 Å². The molecule has 19 heavy (non-hydrogen) atoms. The first-order valence-electron chi connectivity index (χ1n) is 7.81. The first-order valence-corrected chi connectivity index (χ1v) is 7.81. The number of nitrogens with one attached hydrogen (secondary N) is 1. The largest absolute Gasteiger partial charge is 0.369 e. The number of hydrogen-bond donors (Lipinski definition) is 1. The SMILES string of the molecule is CC(C)N(CC1CC1)c1ccc(CNC2CC2)cc1. The van der Waals surface area contributed by atoms with E-state index in [1.54, 1.807) is 0 Å². The van der Waals surface area contributed by atoms with E-state index < -0.39 is 0 Å². The van der Waals surface area contributed by atoms with Crippen LogP contribution < -0.4 is 10.2 Å². The average molecular weight is 258 g/mol. The molecule has 2 aliphatic rings. The number of hydrogen-bond acceptors (Lipinski definition) is 2. The van der Waals surface area contributed by atoms with E-state index in [0.29, 0.717) is 6.04 Å². The van der Waals surface area contributed by atoms with Crippen LogP contribution in [0.1, 0.15) is 45.1 Å². The van der Waals surface area contributed by atoms with Gasteiger partial charge in [-0.2, -0.15) is 0 Å². The van der Waals surface area contributed by atoms with E-state index in [1.165, 1.54) is 43.5 Å². The van der Waals surface area contributed by atoms with Crippen molar-refractivity contribution in [2.75, 3.05) is 11.4 Å². The second-order valence-electron chi connectivity index (χ2n) is 6.51. The van der Waals surface area contributed by atoms with Crippen LogP contribution in [0.5, 0.6) is 0 Å². The Balaban J connectivity index is 1.61. The molecule has 2 aliphatic carbocycles. The third-order valence-corrected chi connectivity index (χ3v) is 4.22. The summed E-state index contributed by atoms with van der Waals surface area (Å²) in [4.78, 5) is 2.55. The van der Waals surface area contributed by atoms with Gasteiger partial charge < -0.3 is 10.2 Å². The molecule has 0 saturated heterocycles. The van der Waals surface area contributed by atoms with Gasteiger partial charge in [-0.15, -0.1) is 0 Å². The van der Waals surface area contributed by atoms with Crippen LogP contribution in [0.25, 0.3) is 0 Å². The lowest BCUT2D eigenvalue weighted by Gasteiger charge is -2.29. The summed E-state index contributed by atoms with van der Waals surface area (Å²) in [5.74, 6) is 0.943. The van der Waals surface area contributed by atoms with E-state index in [1.807, 2.05) is 0 Å². The summed E-state index contributed by atoms with van der Waals surface area (Å²) in [6.07, 6.45) is 5.57. The van der Waals surface area contributed by atoms with Crippen molar-refractivity contribution in [1.29, 1.82) is 0 Å². The van der Waals surface area contributed by atoms with Crippen molar-refractivity contribution in [3.05, 3.63) is 29.8 Å². The summed E-state index contributed by atoms with van der Waals surface area (Å²) in [5, 5.41) is 3.57. The molecule has 0 heterocycles. The van der Waals surface area contributed by atoms with Gasteiger partial charge in [-0.1, -0.05) is 12.1 Å². The van der Waals surface area contributed by atoms with Crippen LogP contribution in [0.4, 0.5) is 5.69 Å². The van der Waals surface area contributed by atoms with Crippen molar-refractivity contribution in [2.45, 2.75) is 58.2 Å². The molecule has 0 aromatic heterocycles. The van der Waals surface area contributed by atoms with Crippen LogP contribution in [-0.4, -0.2) is 18.6 Å². The summed E-state index contributed by atoms with van der Waals surface area (Å²) in [6.45, 7) is 6.85. The summed E-state index contributed by atoms with van der Waals surface area (Å²) in [7, 11) is 0. The first-order chi connectivity index (χ1) is 9.22. The van der Waals surface area contributed by atoms with Crippen molar-refractivity contribution in [2.24, 2.45) is 5.92 Å². The monoisotopic (exact) mass is 258 g/mol. The topological polar surface area (TPSA) is 15.3 Å². The Labute approximate surface area is 117 Å². The van der Waals surface area contributed by atoms with Crippen molar-refractivity contribution in [3.8, 4) is 0 Å². The molecule has 0 radical (unpaired) electrons. The van der Waals surface area contributed by atoms with E-state index in [0.717, 1.165) is 18.5 Å². The Morgan fingerprint density at radius 3 is 2.32 bits per heavy atom. The third-order valence-electron chi connectivity index (χ3n) is 4.22. The second-order valence-corrected chi connectivity index (χ2v) is 6.51. The molecule has 1 aromatic rings. The minimum atomic E-state index is 0.594. The lowest BCUT2D eigenvalue weighted by atomic mass is 10.1. The molecule has 0 spiro atoms. The van der Waals surface area contributed by atoms with Gasteiger partial charge in [0.05, 0.1) is 0 Å². The highest BCUT2D eigenvalue weighted by Gasteiger charge is 2.25. The second kappa shape index (κ2) is 5.54. The minimum Gasteiger partial charge on any atom is -0.369 e. The number of anilines is 1. The Bertz CT molecular complexity index is 402. The Morgan fingerprint density at radius 1 is 1.11 bits per heavy atom. The quantitative estimate of drug-likeness (QED) is 0.804. The molecule has 0 bridgehead atoms. The van der Waals surface area contributed by atoms with E-state index in [9.17, 15) is 0 Å². The Kier molecular flexibility index (Phi) is 3.79. The van der Waals surface area contributed by atoms with Crippen molar-refractivity contribution in [3.63, 3.8) is 0 Å².